The van der Waals surface area contributed by atoms with Crippen LogP contribution in [0.1, 0.15) is 50.6 Å². The third-order valence-corrected chi connectivity index (χ3v) is 7.10. The summed E-state index contributed by atoms with van der Waals surface area (Å²) >= 11 is 0. The summed E-state index contributed by atoms with van der Waals surface area (Å²) in [6, 6.07) is 11.8. The van der Waals surface area contributed by atoms with Gasteiger partial charge in [0.1, 0.15) is 24.2 Å². The van der Waals surface area contributed by atoms with Crippen LogP contribution in [-0.4, -0.2) is 84.9 Å². The number of rotatable bonds is 14. The molecule has 1 aliphatic rings. The van der Waals surface area contributed by atoms with Crippen molar-refractivity contribution in [3.63, 3.8) is 0 Å². The van der Waals surface area contributed by atoms with Crippen molar-refractivity contribution in [3.05, 3.63) is 71.9 Å². The standard InChI is InChI=1S/C36H37NO13/c1-20(38)45-19-32-33(46-21(2)39)34(47-22(3)40)35(48-23(4)41)36(50-32)49-29-13-10-26(31(18-29)44-5)9-12-28(43)17-27(42)11-7-24-6-8-25-14-15-37-30(25)16-24/h6-16,18,32-37H,17,19H2,1-5H3/b11-7+,12-9+/t32-,33-,34+,35-,36?/m1/s1/i1D,2D,3D,4D. The van der Waals surface area contributed by atoms with E-state index in [9.17, 15) is 28.8 Å². The van der Waals surface area contributed by atoms with E-state index in [-0.39, 0.29) is 17.9 Å². The van der Waals surface area contributed by atoms with E-state index in [0.29, 0.717) is 5.56 Å². The van der Waals surface area contributed by atoms with Crippen molar-refractivity contribution in [2.24, 2.45) is 0 Å². The maximum Gasteiger partial charge on any atom is 0.303 e. The summed E-state index contributed by atoms with van der Waals surface area (Å²) in [5.41, 5.74) is 2.09. The first-order valence-electron chi connectivity index (χ1n) is 17.7. The van der Waals surface area contributed by atoms with Gasteiger partial charge < -0.3 is 38.1 Å². The molecule has 0 aliphatic carbocycles. The number of ether oxygens (including phenoxy) is 7. The summed E-state index contributed by atoms with van der Waals surface area (Å²) in [5, 5.41) is 1.03. The normalized spacial score (nSPS) is 21.3. The van der Waals surface area contributed by atoms with Gasteiger partial charge >= 0.3 is 23.9 Å². The average molecular weight is 696 g/mol. The Labute approximate surface area is 292 Å². The van der Waals surface area contributed by atoms with Gasteiger partial charge in [0.15, 0.2) is 23.8 Å². The van der Waals surface area contributed by atoms with Crippen LogP contribution in [0.5, 0.6) is 11.5 Å². The molecule has 1 unspecified atom stereocenters. The number of ketones is 2. The topological polar surface area (TPSA) is 183 Å². The summed E-state index contributed by atoms with van der Waals surface area (Å²) in [6.07, 6.45) is -1.27. The molecule has 1 fully saturated rings. The van der Waals surface area contributed by atoms with Gasteiger partial charge in [-0.05, 0) is 53.4 Å². The molecule has 0 saturated carbocycles. The van der Waals surface area contributed by atoms with E-state index in [1.165, 1.54) is 43.5 Å². The van der Waals surface area contributed by atoms with Crippen LogP contribution in [0.3, 0.4) is 0 Å². The lowest BCUT2D eigenvalue weighted by Gasteiger charge is -2.43. The van der Waals surface area contributed by atoms with Crippen molar-refractivity contribution < 1.29 is 67.4 Å². The number of hydrogen-bond donors (Lipinski definition) is 1. The molecule has 2 heterocycles. The molecule has 3 aromatic rings. The zero-order valence-electron chi connectivity index (χ0n) is 30.9. The highest BCUT2D eigenvalue weighted by molar-refractivity contribution is 6.11. The van der Waals surface area contributed by atoms with Crippen molar-refractivity contribution in [1.29, 1.82) is 0 Å². The van der Waals surface area contributed by atoms with Crippen molar-refractivity contribution in [2.75, 3.05) is 13.7 Å². The van der Waals surface area contributed by atoms with E-state index < -0.39 is 100 Å². The molecule has 264 valence electrons. The fourth-order valence-electron chi connectivity index (χ4n) is 5.01. The fraction of sp³-hybridized carbons (Fsp3) is 0.333. The molecule has 5 atom stereocenters. The monoisotopic (exact) mass is 695 g/mol. The maximum absolute atomic E-state index is 12.6. The highest BCUT2D eigenvalue weighted by atomic mass is 16.7. The third kappa shape index (κ3) is 10.4. The minimum atomic E-state index is -1.73. The minimum absolute atomic E-state index is 0.0131. The molecule has 1 N–H and O–H groups in total. The SMILES string of the molecule is [2H]CC(=O)OC[C@H]1OC(Oc2ccc(/C=C/C(=O)CC(=O)/C=C/c3ccc4cc[nH]c4c3)c(OC)c2)[C@H](OC(=O)C[2H])[C@@H](OC(=O)C[2H])[C@@H]1OC(=O)C[2H]. The number of methoxy groups -OCH3 is 1. The van der Waals surface area contributed by atoms with E-state index in [1.807, 2.05) is 30.5 Å². The van der Waals surface area contributed by atoms with Gasteiger partial charge in [0.05, 0.1) is 13.5 Å². The van der Waals surface area contributed by atoms with Crippen LogP contribution >= 0.6 is 0 Å². The molecule has 14 heteroatoms. The first-order chi connectivity index (χ1) is 26.0. The first-order valence-corrected chi connectivity index (χ1v) is 14.9. The number of esters is 4. The molecule has 0 bridgehead atoms. The molecule has 2 aromatic carbocycles. The van der Waals surface area contributed by atoms with Crippen LogP contribution in [0.2, 0.25) is 0 Å². The molecular formula is C36H37NO13. The zero-order chi connectivity index (χ0) is 39.2. The van der Waals surface area contributed by atoms with Gasteiger partial charge in [-0.3, -0.25) is 28.8 Å². The zero-order valence-corrected chi connectivity index (χ0v) is 26.9. The second-order valence-corrected chi connectivity index (χ2v) is 10.7. The number of aromatic nitrogens is 1. The maximum atomic E-state index is 12.6. The van der Waals surface area contributed by atoms with E-state index in [0.717, 1.165) is 16.5 Å². The van der Waals surface area contributed by atoms with Gasteiger partial charge in [-0.1, -0.05) is 18.2 Å². The van der Waals surface area contributed by atoms with Gasteiger partial charge in [-0.25, -0.2) is 0 Å². The lowest BCUT2D eigenvalue weighted by atomic mass is 9.98. The Hall–Kier alpha value is -5.76. The summed E-state index contributed by atoms with van der Waals surface area (Å²) in [7, 11) is 1.34. The number of nitrogens with one attached hydrogen (secondary N) is 1. The van der Waals surface area contributed by atoms with Crippen LogP contribution in [0.4, 0.5) is 0 Å². The van der Waals surface area contributed by atoms with Crippen LogP contribution < -0.4 is 9.47 Å². The number of fused-ring (bicyclic) bond motifs is 1. The first kappa shape index (κ1) is 31.5. The van der Waals surface area contributed by atoms with Gasteiger partial charge in [-0.2, -0.15) is 0 Å². The molecule has 0 amide bonds. The number of hydrogen-bond acceptors (Lipinski definition) is 13. The Balaban J connectivity index is 1.54. The van der Waals surface area contributed by atoms with Crippen LogP contribution in [0.25, 0.3) is 23.1 Å². The lowest BCUT2D eigenvalue weighted by molar-refractivity contribution is -0.288. The van der Waals surface area contributed by atoms with Crippen molar-refractivity contribution in [1.82, 2.24) is 4.98 Å². The Morgan fingerprint density at radius 3 is 2.18 bits per heavy atom. The lowest BCUT2D eigenvalue weighted by Crippen LogP contribution is -2.63. The smallest absolute Gasteiger partial charge is 0.303 e. The molecule has 1 saturated heterocycles. The van der Waals surface area contributed by atoms with E-state index in [4.69, 9.17) is 38.6 Å². The summed E-state index contributed by atoms with van der Waals surface area (Å²) in [5.74, 6) is -5.05. The Kier molecular flexibility index (Phi) is 10.8. The molecule has 0 radical (unpaired) electrons. The molecular weight excluding hydrogens is 654 g/mol. The quantitative estimate of drug-likeness (QED) is 0.111. The molecule has 4 rings (SSSR count). The Morgan fingerprint density at radius 2 is 1.48 bits per heavy atom. The van der Waals surface area contributed by atoms with Gasteiger partial charge in [0, 0.05) is 56.4 Å². The molecule has 50 heavy (non-hydrogen) atoms. The van der Waals surface area contributed by atoms with Gasteiger partial charge in [-0.15, -0.1) is 0 Å². The van der Waals surface area contributed by atoms with Crippen molar-refractivity contribution in [3.8, 4) is 11.5 Å². The predicted molar refractivity (Wildman–Crippen MR) is 177 cm³/mol. The summed E-state index contributed by atoms with van der Waals surface area (Å²) in [4.78, 5) is 77.0. The van der Waals surface area contributed by atoms with E-state index in [2.05, 4.69) is 4.98 Å². The van der Waals surface area contributed by atoms with Crippen LogP contribution in [0, 0.1) is 0 Å². The average Bonchev–Trinajstić information content (AvgIpc) is 3.65. The van der Waals surface area contributed by atoms with Gasteiger partial charge in [0.25, 0.3) is 0 Å². The second kappa shape index (κ2) is 17.1. The van der Waals surface area contributed by atoms with Crippen LogP contribution in [-0.2, 0) is 52.5 Å². The van der Waals surface area contributed by atoms with Crippen molar-refractivity contribution >= 4 is 58.5 Å². The predicted octanol–water partition coefficient (Wildman–Crippen LogP) is 3.89. The van der Waals surface area contributed by atoms with Gasteiger partial charge in [0.2, 0.25) is 12.4 Å². The van der Waals surface area contributed by atoms with Crippen LogP contribution in [0.15, 0.2) is 60.8 Å². The fourth-order valence-corrected chi connectivity index (χ4v) is 5.01. The number of benzene rings is 2. The van der Waals surface area contributed by atoms with Crippen molar-refractivity contribution in [2.45, 2.75) is 64.7 Å². The summed E-state index contributed by atoms with van der Waals surface area (Å²) < 4.78 is 67.8. The number of allylic oxidation sites excluding steroid dienone is 2. The van der Waals surface area contributed by atoms with E-state index >= 15 is 0 Å². The third-order valence-electron chi connectivity index (χ3n) is 7.10. The molecule has 1 aliphatic heterocycles. The number of aromatic amines is 1. The molecule has 1 aromatic heterocycles. The molecule has 0 spiro atoms. The largest absolute Gasteiger partial charge is 0.496 e. The highest BCUT2D eigenvalue weighted by Gasteiger charge is 2.53. The summed E-state index contributed by atoms with van der Waals surface area (Å²) in [6.45, 7) is -4.09. The Morgan fingerprint density at radius 1 is 0.800 bits per heavy atom. The highest BCUT2D eigenvalue weighted by Crippen LogP contribution is 2.33. The minimum Gasteiger partial charge on any atom is -0.496 e. The Bertz CT molecular complexity index is 1890. The number of H-pyrrole nitrogens is 1. The number of carbonyl (C=O) groups excluding carboxylic acids is 6. The number of carbonyl (C=O) groups is 6. The second-order valence-electron chi connectivity index (χ2n) is 10.7. The molecule has 14 nitrogen and oxygen atoms in total. The van der Waals surface area contributed by atoms with E-state index in [1.54, 1.807) is 6.08 Å².